The highest BCUT2D eigenvalue weighted by Gasteiger charge is 1.97. The van der Waals surface area contributed by atoms with Crippen molar-refractivity contribution in [1.29, 1.82) is 0 Å². The van der Waals surface area contributed by atoms with Crippen LogP contribution in [-0.4, -0.2) is 18.3 Å². The first-order chi connectivity index (χ1) is 10.2. The molecule has 0 bridgehead atoms. The summed E-state index contributed by atoms with van der Waals surface area (Å²) in [5.41, 5.74) is 3.98. The zero-order valence-electron chi connectivity index (χ0n) is 12.1. The van der Waals surface area contributed by atoms with Gasteiger partial charge in [-0.1, -0.05) is 6.07 Å². The lowest BCUT2D eigenvalue weighted by Gasteiger charge is -2.01. The molecule has 0 aliphatic rings. The molecule has 0 radical (unpaired) electrons. The molecule has 0 aliphatic heterocycles. The molecule has 1 aromatic heterocycles. The molecule has 0 saturated carbocycles. The number of pyridine rings is 1. The Morgan fingerprint density at radius 1 is 1.00 bits per heavy atom. The molecule has 3 nitrogen and oxygen atoms in total. The maximum atomic E-state index is 5.14. The lowest BCUT2D eigenvalue weighted by atomic mass is 10.2. The first-order valence-electron chi connectivity index (χ1n) is 6.80. The van der Waals surface area contributed by atoms with Crippen molar-refractivity contribution in [3.63, 3.8) is 0 Å². The Balaban J connectivity index is 1.86. The molecule has 0 fully saturated rings. The molecule has 0 aliphatic carbocycles. The van der Waals surface area contributed by atoms with Crippen molar-refractivity contribution in [2.75, 3.05) is 7.11 Å². The number of rotatable bonds is 3. The number of aryl methyl sites for hydroxylation is 1. The fourth-order valence-corrected chi connectivity index (χ4v) is 2.13. The normalized spacial score (nSPS) is 11.1. The van der Waals surface area contributed by atoms with Gasteiger partial charge in [-0.3, -0.25) is 9.98 Å². The van der Waals surface area contributed by atoms with Gasteiger partial charge in [0.15, 0.2) is 0 Å². The molecule has 104 valence electrons. The standard InChI is InChI=1S/C18H16N2O/c1-13-3-6-15-11-16(7-10-18(15)20-13)19-12-14-4-8-17(21-2)9-5-14/h3-12H,1-2H3. The van der Waals surface area contributed by atoms with Gasteiger partial charge < -0.3 is 4.74 Å². The maximum absolute atomic E-state index is 5.14. The topological polar surface area (TPSA) is 34.5 Å². The minimum Gasteiger partial charge on any atom is -0.497 e. The fraction of sp³-hybridized carbons (Fsp3) is 0.111. The van der Waals surface area contributed by atoms with Crippen molar-refractivity contribution in [3.05, 3.63) is 65.9 Å². The lowest BCUT2D eigenvalue weighted by molar-refractivity contribution is 0.415. The first-order valence-corrected chi connectivity index (χ1v) is 6.80. The first kappa shape index (κ1) is 13.3. The van der Waals surface area contributed by atoms with Crippen LogP contribution in [0, 0.1) is 6.92 Å². The van der Waals surface area contributed by atoms with Crippen molar-refractivity contribution in [2.45, 2.75) is 6.92 Å². The van der Waals surface area contributed by atoms with Gasteiger partial charge >= 0.3 is 0 Å². The molecular weight excluding hydrogens is 260 g/mol. The summed E-state index contributed by atoms with van der Waals surface area (Å²) < 4.78 is 5.14. The number of fused-ring (bicyclic) bond motifs is 1. The smallest absolute Gasteiger partial charge is 0.118 e. The predicted molar refractivity (Wildman–Crippen MR) is 86.7 cm³/mol. The average molecular weight is 276 g/mol. The summed E-state index contributed by atoms with van der Waals surface area (Å²) >= 11 is 0. The highest BCUT2D eigenvalue weighted by molar-refractivity contribution is 5.86. The van der Waals surface area contributed by atoms with E-state index in [-0.39, 0.29) is 0 Å². The molecule has 0 atom stereocenters. The van der Waals surface area contributed by atoms with Gasteiger partial charge in [0, 0.05) is 17.3 Å². The van der Waals surface area contributed by atoms with Crippen molar-refractivity contribution in [3.8, 4) is 5.75 Å². The van der Waals surface area contributed by atoms with E-state index in [0.717, 1.165) is 33.6 Å². The van der Waals surface area contributed by atoms with E-state index in [2.05, 4.69) is 16.0 Å². The summed E-state index contributed by atoms with van der Waals surface area (Å²) in [6, 6.07) is 17.9. The van der Waals surface area contributed by atoms with E-state index < -0.39 is 0 Å². The van der Waals surface area contributed by atoms with Crippen LogP contribution in [0.2, 0.25) is 0 Å². The van der Waals surface area contributed by atoms with E-state index in [1.54, 1.807) is 7.11 Å². The van der Waals surface area contributed by atoms with Crippen LogP contribution < -0.4 is 4.74 Å². The zero-order chi connectivity index (χ0) is 14.7. The Morgan fingerprint density at radius 2 is 1.81 bits per heavy atom. The van der Waals surface area contributed by atoms with Crippen LogP contribution in [0.15, 0.2) is 59.6 Å². The average Bonchev–Trinajstić information content (AvgIpc) is 2.53. The third kappa shape index (κ3) is 3.08. The number of ether oxygens (including phenoxy) is 1. The van der Waals surface area contributed by atoms with Gasteiger partial charge in [-0.05, 0) is 61.0 Å². The lowest BCUT2D eigenvalue weighted by Crippen LogP contribution is -1.84. The maximum Gasteiger partial charge on any atom is 0.118 e. The van der Waals surface area contributed by atoms with Crippen molar-refractivity contribution >= 4 is 22.8 Å². The highest BCUT2D eigenvalue weighted by Crippen LogP contribution is 2.20. The number of methoxy groups -OCH3 is 1. The summed E-state index contributed by atoms with van der Waals surface area (Å²) in [7, 11) is 1.66. The third-order valence-corrected chi connectivity index (χ3v) is 3.29. The Bertz CT molecular complexity index is 792. The van der Waals surface area contributed by atoms with Crippen LogP contribution in [0.5, 0.6) is 5.75 Å². The quantitative estimate of drug-likeness (QED) is 0.668. The Kier molecular flexibility index (Phi) is 3.65. The molecule has 1 heterocycles. The fourth-order valence-electron chi connectivity index (χ4n) is 2.13. The van der Waals surface area contributed by atoms with Crippen LogP contribution in [0.25, 0.3) is 10.9 Å². The van der Waals surface area contributed by atoms with Gasteiger partial charge in [-0.15, -0.1) is 0 Å². The summed E-state index contributed by atoms with van der Waals surface area (Å²) in [5, 5.41) is 1.10. The van der Waals surface area contributed by atoms with Gasteiger partial charge in [-0.2, -0.15) is 0 Å². The van der Waals surface area contributed by atoms with E-state index in [1.807, 2.05) is 61.7 Å². The monoisotopic (exact) mass is 276 g/mol. The van der Waals surface area contributed by atoms with Gasteiger partial charge in [0.1, 0.15) is 5.75 Å². The van der Waals surface area contributed by atoms with E-state index in [4.69, 9.17) is 4.74 Å². The largest absolute Gasteiger partial charge is 0.497 e. The number of benzene rings is 2. The molecule has 0 spiro atoms. The van der Waals surface area contributed by atoms with Crippen molar-refractivity contribution in [2.24, 2.45) is 4.99 Å². The van der Waals surface area contributed by atoms with Crippen molar-refractivity contribution < 1.29 is 4.74 Å². The Labute approximate surface area is 123 Å². The number of hydrogen-bond acceptors (Lipinski definition) is 3. The van der Waals surface area contributed by atoms with Crippen LogP contribution in [0.3, 0.4) is 0 Å². The second kappa shape index (κ2) is 5.75. The molecule has 0 saturated heterocycles. The molecular formula is C18H16N2O. The predicted octanol–water partition coefficient (Wildman–Crippen LogP) is 4.30. The van der Waals surface area contributed by atoms with E-state index >= 15 is 0 Å². The Hall–Kier alpha value is -2.68. The van der Waals surface area contributed by atoms with Gasteiger partial charge in [0.25, 0.3) is 0 Å². The highest BCUT2D eigenvalue weighted by atomic mass is 16.5. The van der Waals surface area contributed by atoms with Gasteiger partial charge in [-0.25, -0.2) is 0 Å². The van der Waals surface area contributed by atoms with E-state index in [0.29, 0.717) is 0 Å². The molecule has 21 heavy (non-hydrogen) atoms. The van der Waals surface area contributed by atoms with E-state index in [1.165, 1.54) is 0 Å². The summed E-state index contributed by atoms with van der Waals surface area (Å²) in [6.45, 7) is 2.00. The molecule has 2 aromatic carbocycles. The number of nitrogens with zero attached hydrogens (tertiary/aromatic N) is 2. The number of aliphatic imine (C=N–C) groups is 1. The molecule has 3 heteroatoms. The second-order valence-electron chi connectivity index (χ2n) is 4.86. The zero-order valence-corrected chi connectivity index (χ0v) is 12.1. The molecule has 0 unspecified atom stereocenters. The van der Waals surface area contributed by atoms with Gasteiger partial charge in [0.2, 0.25) is 0 Å². The van der Waals surface area contributed by atoms with Crippen LogP contribution in [0.1, 0.15) is 11.3 Å². The molecule has 0 amide bonds. The number of aromatic nitrogens is 1. The summed E-state index contributed by atoms with van der Waals surface area (Å²) in [6.07, 6.45) is 1.85. The van der Waals surface area contributed by atoms with Crippen LogP contribution in [-0.2, 0) is 0 Å². The second-order valence-corrected chi connectivity index (χ2v) is 4.86. The van der Waals surface area contributed by atoms with Gasteiger partial charge in [0.05, 0.1) is 18.3 Å². The Morgan fingerprint density at radius 3 is 2.57 bits per heavy atom. The van der Waals surface area contributed by atoms with E-state index in [9.17, 15) is 0 Å². The van der Waals surface area contributed by atoms with Crippen LogP contribution in [0.4, 0.5) is 5.69 Å². The summed E-state index contributed by atoms with van der Waals surface area (Å²) in [5.74, 6) is 0.847. The minimum absolute atomic E-state index is 0.847. The summed E-state index contributed by atoms with van der Waals surface area (Å²) in [4.78, 5) is 9.00. The van der Waals surface area contributed by atoms with Crippen LogP contribution >= 0.6 is 0 Å². The molecule has 3 rings (SSSR count). The third-order valence-electron chi connectivity index (χ3n) is 3.29. The van der Waals surface area contributed by atoms with Crippen molar-refractivity contribution in [1.82, 2.24) is 4.98 Å². The molecule has 3 aromatic rings. The SMILES string of the molecule is COc1ccc(C=Nc2ccc3nc(C)ccc3c2)cc1. The minimum atomic E-state index is 0.847. The number of hydrogen-bond donors (Lipinski definition) is 0. The molecule has 0 N–H and O–H groups in total.